The minimum absolute atomic E-state index is 0.0839. The molecule has 0 spiro atoms. The summed E-state index contributed by atoms with van der Waals surface area (Å²) in [6.45, 7) is 0.741. The molecule has 6 nitrogen and oxygen atoms in total. The van der Waals surface area contributed by atoms with Gasteiger partial charge in [0.05, 0.1) is 18.8 Å². The van der Waals surface area contributed by atoms with Crippen molar-refractivity contribution < 1.29 is 9.53 Å². The van der Waals surface area contributed by atoms with Crippen LogP contribution in [0.3, 0.4) is 0 Å². The highest BCUT2D eigenvalue weighted by atomic mass is 16.5. The van der Waals surface area contributed by atoms with Gasteiger partial charge < -0.3 is 15.0 Å². The summed E-state index contributed by atoms with van der Waals surface area (Å²) >= 11 is 0. The van der Waals surface area contributed by atoms with E-state index in [1.54, 1.807) is 25.7 Å². The van der Waals surface area contributed by atoms with Gasteiger partial charge in [-0.25, -0.2) is 4.79 Å². The number of benzene rings is 1. The van der Waals surface area contributed by atoms with Gasteiger partial charge in [0.2, 0.25) is 0 Å². The number of carbonyl (C=O) groups excluding carboxylic acids is 1. The van der Waals surface area contributed by atoms with Crippen molar-refractivity contribution in [2.45, 2.75) is 18.9 Å². The first-order valence-corrected chi connectivity index (χ1v) is 8.67. The maximum atomic E-state index is 12.9. The van der Waals surface area contributed by atoms with Gasteiger partial charge in [0.15, 0.2) is 0 Å². The average Bonchev–Trinajstić information content (AvgIpc) is 3.19. The van der Waals surface area contributed by atoms with Crippen molar-refractivity contribution >= 4 is 22.6 Å². The number of anilines is 1. The minimum Gasteiger partial charge on any atom is -0.494 e. The Morgan fingerprint density at radius 1 is 1.19 bits per heavy atom. The second kappa shape index (κ2) is 7.00. The lowest BCUT2D eigenvalue weighted by molar-refractivity contribution is 0.207. The summed E-state index contributed by atoms with van der Waals surface area (Å²) in [6, 6.07) is 11.4. The molecule has 4 rings (SSSR count). The number of fused-ring (bicyclic) bond motifs is 1. The molecule has 1 N–H and O–H groups in total. The van der Waals surface area contributed by atoms with Crippen LogP contribution in [0.5, 0.6) is 5.75 Å². The number of methoxy groups -OCH3 is 1. The SMILES string of the molecule is COc1ccc(NC(=O)N2CCC[C@@H]2c2ccncc2)c2cccnc12. The zero-order chi connectivity index (χ0) is 17.9. The molecule has 1 aromatic carbocycles. The fourth-order valence-corrected chi connectivity index (χ4v) is 3.55. The van der Waals surface area contributed by atoms with E-state index in [4.69, 9.17) is 4.74 Å². The van der Waals surface area contributed by atoms with Gasteiger partial charge in [0, 0.05) is 30.5 Å². The summed E-state index contributed by atoms with van der Waals surface area (Å²) < 4.78 is 5.37. The van der Waals surface area contributed by atoms with Crippen LogP contribution in [0.1, 0.15) is 24.4 Å². The van der Waals surface area contributed by atoms with Crippen molar-refractivity contribution in [1.29, 1.82) is 0 Å². The predicted molar refractivity (Wildman–Crippen MR) is 100 cm³/mol. The molecule has 1 saturated heterocycles. The van der Waals surface area contributed by atoms with Gasteiger partial charge in [-0.2, -0.15) is 0 Å². The topological polar surface area (TPSA) is 67.3 Å². The molecule has 26 heavy (non-hydrogen) atoms. The zero-order valence-corrected chi connectivity index (χ0v) is 14.6. The summed E-state index contributed by atoms with van der Waals surface area (Å²) in [5.74, 6) is 0.689. The standard InChI is InChI=1S/C20H20N4O2/c1-26-18-7-6-16(15-4-2-10-22-19(15)18)23-20(25)24-13-3-5-17(24)14-8-11-21-12-9-14/h2,4,6-12,17H,3,5,13H2,1H3,(H,23,25)/t17-/m1/s1. The first kappa shape index (κ1) is 16.3. The van der Waals surface area contributed by atoms with Gasteiger partial charge >= 0.3 is 6.03 Å². The molecule has 0 bridgehead atoms. The third kappa shape index (κ3) is 2.94. The summed E-state index contributed by atoms with van der Waals surface area (Å²) in [6.07, 6.45) is 7.21. The molecule has 2 aromatic heterocycles. The van der Waals surface area contributed by atoms with Gasteiger partial charge in [-0.1, -0.05) is 0 Å². The number of carbonyl (C=O) groups is 1. The van der Waals surface area contributed by atoms with Crippen molar-refractivity contribution in [2.75, 3.05) is 19.0 Å². The van der Waals surface area contributed by atoms with Crippen LogP contribution in [0.15, 0.2) is 55.0 Å². The molecule has 1 aliphatic rings. The highest BCUT2D eigenvalue weighted by Crippen LogP contribution is 2.34. The third-order valence-corrected chi connectivity index (χ3v) is 4.80. The lowest BCUT2D eigenvalue weighted by Crippen LogP contribution is -2.34. The number of aromatic nitrogens is 2. The monoisotopic (exact) mass is 348 g/mol. The van der Waals surface area contributed by atoms with Gasteiger partial charge in [-0.15, -0.1) is 0 Å². The highest BCUT2D eigenvalue weighted by molar-refractivity contribution is 6.02. The van der Waals surface area contributed by atoms with Crippen LogP contribution in [0.25, 0.3) is 10.9 Å². The second-order valence-corrected chi connectivity index (χ2v) is 6.28. The Balaban J connectivity index is 1.61. The molecule has 2 amide bonds. The smallest absolute Gasteiger partial charge is 0.322 e. The Hall–Kier alpha value is -3.15. The van der Waals surface area contributed by atoms with E-state index >= 15 is 0 Å². The Morgan fingerprint density at radius 2 is 2.04 bits per heavy atom. The maximum absolute atomic E-state index is 12.9. The number of pyridine rings is 2. The maximum Gasteiger partial charge on any atom is 0.322 e. The molecule has 1 aliphatic heterocycles. The van der Waals surface area contributed by atoms with Crippen LogP contribution in [-0.2, 0) is 0 Å². The Kier molecular flexibility index (Phi) is 4.39. The summed E-state index contributed by atoms with van der Waals surface area (Å²) in [5, 5.41) is 3.91. The molecule has 132 valence electrons. The molecule has 0 aliphatic carbocycles. The number of nitrogens with one attached hydrogen (secondary N) is 1. The Bertz CT molecular complexity index is 930. The summed E-state index contributed by atoms with van der Waals surface area (Å²) in [4.78, 5) is 23.3. The second-order valence-electron chi connectivity index (χ2n) is 6.28. The van der Waals surface area contributed by atoms with Gasteiger partial charge in [0.1, 0.15) is 11.3 Å². The van der Waals surface area contributed by atoms with Crippen molar-refractivity contribution in [3.63, 3.8) is 0 Å². The third-order valence-electron chi connectivity index (χ3n) is 4.80. The molecular weight excluding hydrogens is 328 g/mol. The predicted octanol–water partition coefficient (Wildman–Crippen LogP) is 4.01. The van der Waals surface area contributed by atoms with Crippen LogP contribution in [0, 0.1) is 0 Å². The molecule has 0 unspecified atom stereocenters. The number of hydrogen-bond acceptors (Lipinski definition) is 4. The molecule has 0 saturated carbocycles. The van der Waals surface area contributed by atoms with E-state index < -0.39 is 0 Å². The quantitative estimate of drug-likeness (QED) is 0.777. The van der Waals surface area contributed by atoms with E-state index in [0.29, 0.717) is 5.75 Å². The first-order chi connectivity index (χ1) is 12.8. The van der Waals surface area contributed by atoms with Gasteiger partial charge in [0.25, 0.3) is 0 Å². The number of likely N-dealkylation sites (tertiary alicyclic amines) is 1. The summed E-state index contributed by atoms with van der Waals surface area (Å²) in [7, 11) is 1.62. The fraction of sp³-hybridized carbons (Fsp3) is 0.250. The molecular formula is C20H20N4O2. The highest BCUT2D eigenvalue weighted by Gasteiger charge is 2.30. The van der Waals surface area contributed by atoms with Crippen LogP contribution in [-0.4, -0.2) is 34.6 Å². The van der Waals surface area contributed by atoms with Crippen LogP contribution >= 0.6 is 0 Å². The van der Waals surface area contributed by atoms with Gasteiger partial charge in [-0.05, 0) is 54.8 Å². The number of amides is 2. The van der Waals surface area contributed by atoms with Crippen molar-refractivity contribution in [3.05, 3.63) is 60.6 Å². The van der Waals surface area contributed by atoms with Crippen molar-refractivity contribution in [1.82, 2.24) is 14.9 Å². The van der Waals surface area contributed by atoms with E-state index in [1.807, 2.05) is 41.3 Å². The van der Waals surface area contributed by atoms with Gasteiger partial charge in [-0.3, -0.25) is 9.97 Å². The first-order valence-electron chi connectivity index (χ1n) is 8.67. The molecule has 0 radical (unpaired) electrons. The van der Waals surface area contributed by atoms with E-state index in [9.17, 15) is 4.79 Å². The molecule has 3 aromatic rings. The zero-order valence-electron chi connectivity index (χ0n) is 14.6. The fourth-order valence-electron chi connectivity index (χ4n) is 3.55. The average molecular weight is 348 g/mol. The van der Waals surface area contributed by atoms with E-state index in [1.165, 1.54) is 0 Å². The number of urea groups is 1. The van der Waals surface area contributed by atoms with Crippen LogP contribution < -0.4 is 10.1 Å². The molecule has 6 heteroatoms. The van der Waals surface area contributed by atoms with Crippen molar-refractivity contribution in [3.8, 4) is 5.75 Å². The van der Waals surface area contributed by atoms with Crippen LogP contribution in [0.4, 0.5) is 10.5 Å². The van der Waals surface area contributed by atoms with Crippen molar-refractivity contribution in [2.24, 2.45) is 0 Å². The molecule has 1 fully saturated rings. The van der Waals surface area contributed by atoms with Crippen LogP contribution in [0.2, 0.25) is 0 Å². The number of hydrogen-bond donors (Lipinski definition) is 1. The Labute approximate surface area is 151 Å². The van der Waals surface area contributed by atoms with E-state index in [-0.39, 0.29) is 12.1 Å². The largest absolute Gasteiger partial charge is 0.494 e. The molecule has 1 atom stereocenters. The normalized spacial score (nSPS) is 16.7. The van der Waals surface area contributed by atoms with E-state index in [2.05, 4.69) is 15.3 Å². The minimum atomic E-state index is -0.0976. The summed E-state index contributed by atoms with van der Waals surface area (Å²) in [5.41, 5.74) is 2.59. The Morgan fingerprint density at radius 3 is 2.85 bits per heavy atom. The lowest BCUT2D eigenvalue weighted by atomic mass is 10.1. The van der Waals surface area contributed by atoms with E-state index in [0.717, 1.165) is 41.5 Å². The number of ether oxygens (including phenoxy) is 1. The number of nitrogens with zero attached hydrogens (tertiary/aromatic N) is 3. The number of rotatable bonds is 3. The molecule has 3 heterocycles. The lowest BCUT2D eigenvalue weighted by Gasteiger charge is -2.25.